The SMILES string of the molecule is CCCNC(=O)Cn1nc2c(c1NC(=O)CSc1ccncc1)CSC2. The molecule has 138 valence electrons. The van der Waals surface area contributed by atoms with Crippen molar-refractivity contribution in [3.05, 3.63) is 35.8 Å². The molecule has 0 bridgehead atoms. The molecule has 3 rings (SSSR count). The fourth-order valence-electron chi connectivity index (χ4n) is 2.53. The van der Waals surface area contributed by atoms with Crippen LogP contribution in [-0.2, 0) is 27.6 Å². The van der Waals surface area contributed by atoms with Gasteiger partial charge in [0.15, 0.2) is 0 Å². The third kappa shape index (κ3) is 4.79. The maximum absolute atomic E-state index is 12.4. The largest absolute Gasteiger partial charge is 0.355 e. The van der Waals surface area contributed by atoms with E-state index < -0.39 is 0 Å². The molecule has 0 spiro atoms. The summed E-state index contributed by atoms with van der Waals surface area (Å²) in [6.45, 7) is 2.76. The van der Waals surface area contributed by atoms with Crippen LogP contribution in [0, 0.1) is 0 Å². The Bertz CT molecular complexity index is 779. The second kappa shape index (κ2) is 9.09. The number of carbonyl (C=O) groups excluding carboxylic acids is 2. The summed E-state index contributed by atoms with van der Waals surface area (Å²) >= 11 is 3.21. The second-order valence-corrected chi connectivity index (χ2v) is 7.83. The van der Waals surface area contributed by atoms with Crippen LogP contribution in [0.1, 0.15) is 24.6 Å². The summed E-state index contributed by atoms with van der Waals surface area (Å²) < 4.78 is 1.62. The van der Waals surface area contributed by atoms with Gasteiger partial charge in [-0.1, -0.05) is 6.92 Å². The minimum Gasteiger partial charge on any atom is -0.355 e. The highest BCUT2D eigenvalue weighted by Crippen LogP contribution is 2.34. The molecule has 9 heteroatoms. The molecular weight excluding hydrogens is 370 g/mol. The number of aromatic nitrogens is 3. The molecule has 7 nitrogen and oxygen atoms in total. The maximum Gasteiger partial charge on any atom is 0.241 e. The summed E-state index contributed by atoms with van der Waals surface area (Å²) in [7, 11) is 0. The van der Waals surface area contributed by atoms with Crippen LogP contribution in [0.25, 0.3) is 0 Å². The van der Waals surface area contributed by atoms with E-state index in [-0.39, 0.29) is 18.4 Å². The molecule has 0 fully saturated rings. The topological polar surface area (TPSA) is 88.9 Å². The van der Waals surface area contributed by atoms with Gasteiger partial charge in [0.2, 0.25) is 11.8 Å². The van der Waals surface area contributed by atoms with E-state index in [2.05, 4.69) is 20.7 Å². The van der Waals surface area contributed by atoms with Crippen LogP contribution in [0.15, 0.2) is 29.4 Å². The molecule has 2 N–H and O–H groups in total. The van der Waals surface area contributed by atoms with Crippen molar-refractivity contribution in [1.29, 1.82) is 0 Å². The summed E-state index contributed by atoms with van der Waals surface area (Å²) in [5.74, 6) is 2.35. The van der Waals surface area contributed by atoms with Gasteiger partial charge in [0, 0.05) is 40.9 Å². The van der Waals surface area contributed by atoms with E-state index in [1.165, 1.54) is 11.8 Å². The number of pyridine rings is 1. The van der Waals surface area contributed by atoms with Crippen molar-refractivity contribution in [3.63, 3.8) is 0 Å². The lowest BCUT2D eigenvalue weighted by atomic mass is 10.3. The Labute approximate surface area is 160 Å². The van der Waals surface area contributed by atoms with Gasteiger partial charge >= 0.3 is 0 Å². The van der Waals surface area contributed by atoms with Crippen LogP contribution in [0.2, 0.25) is 0 Å². The highest BCUT2D eigenvalue weighted by Gasteiger charge is 2.24. The predicted molar refractivity (Wildman–Crippen MR) is 104 cm³/mol. The summed E-state index contributed by atoms with van der Waals surface area (Å²) in [5.41, 5.74) is 1.98. The Morgan fingerprint density at radius 3 is 2.85 bits per heavy atom. The van der Waals surface area contributed by atoms with Crippen molar-refractivity contribution in [3.8, 4) is 0 Å². The normalized spacial score (nSPS) is 12.7. The summed E-state index contributed by atoms with van der Waals surface area (Å²) in [5, 5.41) is 10.3. The first-order valence-corrected chi connectivity index (χ1v) is 10.6. The number of hydrogen-bond acceptors (Lipinski definition) is 6. The number of rotatable bonds is 8. The van der Waals surface area contributed by atoms with Crippen molar-refractivity contribution in [2.75, 3.05) is 17.6 Å². The van der Waals surface area contributed by atoms with E-state index in [0.29, 0.717) is 18.1 Å². The Hall–Kier alpha value is -2.00. The smallest absolute Gasteiger partial charge is 0.241 e. The molecular formula is C17H21N5O2S2. The van der Waals surface area contributed by atoms with Crippen molar-refractivity contribution < 1.29 is 9.59 Å². The fraction of sp³-hybridized carbons (Fsp3) is 0.412. The van der Waals surface area contributed by atoms with E-state index in [1.807, 2.05) is 19.1 Å². The summed E-state index contributed by atoms with van der Waals surface area (Å²) in [6.07, 6.45) is 4.29. The van der Waals surface area contributed by atoms with Gasteiger partial charge in [-0.05, 0) is 18.6 Å². The van der Waals surface area contributed by atoms with Crippen LogP contribution in [0.5, 0.6) is 0 Å². The molecule has 0 atom stereocenters. The Kier molecular flexibility index (Phi) is 6.56. The van der Waals surface area contributed by atoms with Crippen molar-refractivity contribution in [1.82, 2.24) is 20.1 Å². The number of anilines is 1. The lowest BCUT2D eigenvalue weighted by Crippen LogP contribution is -2.29. The number of thioether (sulfide) groups is 2. The van der Waals surface area contributed by atoms with Crippen molar-refractivity contribution in [2.45, 2.75) is 36.3 Å². The molecule has 0 aromatic carbocycles. The molecule has 0 saturated heterocycles. The molecule has 2 aromatic rings. The molecule has 0 aliphatic carbocycles. The van der Waals surface area contributed by atoms with Crippen LogP contribution >= 0.6 is 23.5 Å². The van der Waals surface area contributed by atoms with E-state index in [9.17, 15) is 9.59 Å². The summed E-state index contributed by atoms with van der Waals surface area (Å²) in [6, 6.07) is 3.74. The van der Waals surface area contributed by atoms with Gasteiger partial charge < -0.3 is 10.6 Å². The first kappa shape index (κ1) is 18.8. The first-order valence-electron chi connectivity index (χ1n) is 8.43. The van der Waals surface area contributed by atoms with Gasteiger partial charge in [-0.2, -0.15) is 16.9 Å². The highest BCUT2D eigenvalue weighted by atomic mass is 32.2. The Morgan fingerprint density at radius 2 is 2.08 bits per heavy atom. The highest BCUT2D eigenvalue weighted by molar-refractivity contribution is 8.00. The number of amides is 2. The van der Waals surface area contributed by atoms with Gasteiger partial charge in [-0.3, -0.25) is 14.6 Å². The average Bonchev–Trinajstić information content (AvgIpc) is 3.22. The van der Waals surface area contributed by atoms with Crippen LogP contribution in [0.3, 0.4) is 0 Å². The fourth-order valence-corrected chi connectivity index (χ4v) is 4.25. The quantitative estimate of drug-likeness (QED) is 0.671. The zero-order chi connectivity index (χ0) is 18.4. The van der Waals surface area contributed by atoms with Gasteiger partial charge in [0.25, 0.3) is 0 Å². The molecule has 1 aliphatic rings. The Balaban J connectivity index is 1.65. The zero-order valence-electron chi connectivity index (χ0n) is 14.5. The van der Waals surface area contributed by atoms with Crippen LogP contribution < -0.4 is 10.6 Å². The third-order valence-corrected chi connectivity index (χ3v) is 5.74. The maximum atomic E-state index is 12.4. The van der Waals surface area contributed by atoms with E-state index in [4.69, 9.17) is 0 Å². The van der Waals surface area contributed by atoms with Gasteiger partial charge in [-0.25, -0.2) is 4.68 Å². The third-order valence-electron chi connectivity index (χ3n) is 3.76. The first-order chi connectivity index (χ1) is 12.7. The monoisotopic (exact) mass is 391 g/mol. The standard InChI is InChI=1S/C17H21N5O2S2/c1-2-5-19-15(23)8-22-17(13-9-25-10-14(13)21-22)20-16(24)11-26-12-3-6-18-7-4-12/h3-4,6-7H,2,5,8-11H2,1H3,(H,19,23)(H,20,24). The molecule has 26 heavy (non-hydrogen) atoms. The lowest BCUT2D eigenvalue weighted by molar-refractivity contribution is -0.122. The van der Waals surface area contributed by atoms with Crippen LogP contribution in [0.4, 0.5) is 5.82 Å². The molecule has 0 saturated carbocycles. The zero-order valence-corrected chi connectivity index (χ0v) is 16.2. The van der Waals surface area contributed by atoms with E-state index in [1.54, 1.807) is 28.8 Å². The average molecular weight is 392 g/mol. The molecule has 0 unspecified atom stereocenters. The van der Waals surface area contributed by atoms with Gasteiger partial charge in [0.05, 0.1) is 11.4 Å². The summed E-state index contributed by atoms with van der Waals surface area (Å²) in [4.78, 5) is 29.4. The number of nitrogens with zero attached hydrogens (tertiary/aromatic N) is 3. The van der Waals surface area contributed by atoms with Crippen LogP contribution in [-0.4, -0.2) is 38.9 Å². The van der Waals surface area contributed by atoms with E-state index in [0.717, 1.165) is 34.1 Å². The lowest BCUT2D eigenvalue weighted by Gasteiger charge is -2.11. The van der Waals surface area contributed by atoms with E-state index >= 15 is 0 Å². The molecule has 2 amide bonds. The van der Waals surface area contributed by atoms with Gasteiger partial charge in [-0.15, -0.1) is 11.8 Å². The molecule has 2 aromatic heterocycles. The van der Waals surface area contributed by atoms with Crippen molar-refractivity contribution >= 4 is 41.2 Å². The number of hydrogen-bond donors (Lipinski definition) is 2. The minimum absolute atomic E-state index is 0.0951. The number of nitrogens with one attached hydrogen (secondary N) is 2. The molecule has 1 aliphatic heterocycles. The second-order valence-electron chi connectivity index (χ2n) is 5.79. The minimum atomic E-state index is -0.110. The van der Waals surface area contributed by atoms with Crippen molar-refractivity contribution in [2.24, 2.45) is 0 Å². The number of carbonyl (C=O) groups is 2. The molecule has 0 radical (unpaired) electrons. The number of fused-ring (bicyclic) bond motifs is 1. The molecule has 3 heterocycles. The predicted octanol–water partition coefficient (Wildman–Crippen LogP) is 2.28. The van der Waals surface area contributed by atoms with Gasteiger partial charge in [0.1, 0.15) is 12.4 Å². The Morgan fingerprint density at radius 1 is 1.27 bits per heavy atom.